The van der Waals surface area contributed by atoms with Crippen LogP contribution in [0.4, 0.5) is 0 Å². The molecule has 1 aromatic rings. The standard InChI is InChI=1S/C15H24N4O2/c1-15(21)8-4-3-6-11(15)12-7-5-9-19(12)14(20)13-10-16-17-18(13)2/h10-12,21H,3-9H2,1-2H3/t11-,12-,15+/m1/s1. The molecule has 2 fully saturated rings. The highest BCUT2D eigenvalue weighted by molar-refractivity contribution is 5.92. The van der Waals surface area contributed by atoms with Crippen LogP contribution in [0.5, 0.6) is 0 Å². The van der Waals surface area contributed by atoms with E-state index in [9.17, 15) is 9.90 Å². The first-order valence-electron chi connectivity index (χ1n) is 7.89. The molecule has 3 rings (SSSR count). The minimum atomic E-state index is -0.656. The first-order valence-corrected chi connectivity index (χ1v) is 7.89. The van der Waals surface area contributed by atoms with Gasteiger partial charge in [0.05, 0.1) is 11.8 Å². The predicted octanol–water partition coefficient (Wildman–Crippen LogP) is 1.36. The highest BCUT2D eigenvalue weighted by Crippen LogP contribution is 2.40. The van der Waals surface area contributed by atoms with E-state index >= 15 is 0 Å². The summed E-state index contributed by atoms with van der Waals surface area (Å²) in [4.78, 5) is 14.7. The van der Waals surface area contributed by atoms with E-state index in [2.05, 4.69) is 10.3 Å². The lowest BCUT2D eigenvalue weighted by Crippen LogP contribution is -2.50. The van der Waals surface area contributed by atoms with Gasteiger partial charge in [0.1, 0.15) is 5.69 Å². The summed E-state index contributed by atoms with van der Waals surface area (Å²) >= 11 is 0. The van der Waals surface area contributed by atoms with Gasteiger partial charge in [0, 0.05) is 25.6 Å². The number of nitrogens with zero attached hydrogens (tertiary/aromatic N) is 4. The number of aryl methyl sites for hydroxylation is 1. The second-order valence-corrected chi connectivity index (χ2v) is 6.66. The number of hydrogen-bond donors (Lipinski definition) is 1. The number of aromatic nitrogens is 3. The molecule has 6 nitrogen and oxygen atoms in total. The Kier molecular flexibility index (Phi) is 3.73. The molecule has 1 aromatic heterocycles. The van der Waals surface area contributed by atoms with Crippen molar-refractivity contribution in [3.63, 3.8) is 0 Å². The maximum atomic E-state index is 12.7. The number of rotatable bonds is 2. The van der Waals surface area contributed by atoms with Crippen LogP contribution in [0.25, 0.3) is 0 Å². The van der Waals surface area contributed by atoms with Gasteiger partial charge in [0.15, 0.2) is 0 Å². The average molecular weight is 292 g/mol. The molecule has 6 heteroatoms. The number of likely N-dealkylation sites (tertiary alicyclic amines) is 1. The lowest BCUT2D eigenvalue weighted by Gasteiger charge is -2.43. The molecule has 0 bridgehead atoms. The van der Waals surface area contributed by atoms with Gasteiger partial charge in [-0.3, -0.25) is 4.79 Å². The summed E-state index contributed by atoms with van der Waals surface area (Å²) in [6.45, 7) is 2.70. The summed E-state index contributed by atoms with van der Waals surface area (Å²) in [6.07, 6.45) is 7.58. The van der Waals surface area contributed by atoms with Crippen LogP contribution in [0.2, 0.25) is 0 Å². The molecule has 1 saturated carbocycles. The highest BCUT2D eigenvalue weighted by atomic mass is 16.3. The topological polar surface area (TPSA) is 71.2 Å². The van der Waals surface area contributed by atoms with E-state index in [1.165, 1.54) is 10.9 Å². The summed E-state index contributed by atoms with van der Waals surface area (Å²) in [6, 6.07) is 0.141. The van der Waals surface area contributed by atoms with E-state index in [1.54, 1.807) is 7.05 Å². The lowest BCUT2D eigenvalue weighted by molar-refractivity contribution is -0.0578. The van der Waals surface area contributed by atoms with Gasteiger partial charge in [-0.05, 0) is 32.6 Å². The lowest BCUT2D eigenvalue weighted by atomic mass is 9.72. The Bertz CT molecular complexity index is 525. The van der Waals surface area contributed by atoms with Gasteiger partial charge in [-0.25, -0.2) is 4.68 Å². The summed E-state index contributed by atoms with van der Waals surface area (Å²) in [5.74, 6) is 0.172. The third-order valence-corrected chi connectivity index (χ3v) is 5.20. The minimum absolute atomic E-state index is 0.00799. The smallest absolute Gasteiger partial charge is 0.274 e. The number of amides is 1. The van der Waals surface area contributed by atoms with Gasteiger partial charge in [-0.15, -0.1) is 5.10 Å². The summed E-state index contributed by atoms with van der Waals surface area (Å²) in [5.41, 5.74) is -0.131. The largest absolute Gasteiger partial charge is 0.390 e. The maximum Gasteiger partial charge on any atom is 0.274 e. The van der Waals surface area contributed by atoms with Crippen molar-refractivity contribution in [2.75, 3.05) is 6.54 Å². The van der Waals surface area contributed by atoms with Gasteiger partial charge >= 0.3 is 0 Å². The molecule has 0 aromatic carbocycles. The third kappa shape index (κ3) is 2.57. The van der Waals surface area contributed by atoms with Crippen molar-refractivity contribution >= 4 is 5.91 Å². The highest BCUT2D eigenvalue weighted by Gasteiger charge is 2.45. The molecule has 0 unspecified atom stereocenters. The summed E-state index contributed by atoms with van der Waals surface area (Å²) in [5, 5.41) is 18.4. The zero-order chi connectivity index (χ0) is 15.0. The molecule has 3 atom stereocenters. The van der Waals surface area contributed by atoms with Crippen LogP contribution < -0.4 is 0 Å². The zero-order valence-electron chi connectivity index (χ0n) is 12.8. The Hall–Kier alpha value is -1.43. The predicted molar refractivity (Wildman–Crippen MR) is 77.6 cm³/mol. The summed E-state index contributed by atoms with van der Waals surface area (Å²) < 4.78 is 1.52. The Morgan fingerprint density at radius 2 is 2.19 bits per heavy atom. The molecule has 1 aliphatic carbocycles. The van der Waals surface area contributed by atoms with Crippen LogP contribution in [-0.4, -0.2) is 49.1 Å². The second kappa shape index (κ2) is 5.40. The molecule has 0 radical (unpaired) electrons. The van der Waals surface area contributed by atoms with E-state index in [1.807, 2.05) is 11.8 Å². The molecule has 1 saturated heterocycles. The van der Waals surface area contributed by atoms with Crippen LogP contribution in [0, 0.1) is 5.92 Å². The fraction of sp³-hybridized carbons (Fsp3) is 0.800. The van der Waals surface area contributed by atoms with E-state index in [0.717, 1.165) is 45.1 Å². The molecule has 2 heterocycles. The monoisotopic (exact) mass is 292 g/mol. The fourth-order valence-corrected chi connectivity index (χ4v) is 4.04. The van der Waals surface area contributed by atoms with E-state index < -0.39 is 5.60 Å². The van der Waals surface area contributed by atoms with Crippen LogP contribution in [0.15, 0.2) is 6.20 Å². The van der Waals surface area contributed by atoms with E-state index in [4.69, 9.17) is 0 Å². The van der Waals surface area contributed by atoms with Crippen LogP contribution in [0.3, 0.4) is 0 Å². The molecule has 1 aliphatic heterocycles. The third-order valence-electron chi connectivity index (χ3n) is 5.20. The van der Waals surface area contributed by atoms with Crippen molar-refractivity contribution in [3.05, 3.63) is 11.9 Å². The molecule has 1 amide bonds. The molecule has 2 aliphatic rings. The van der Waals surface area contributed by atoms with Crippen molar-refractivity contribution in [1.82, 2.24) is 19.9 Å². The van der Waals surface area contributed by atoms with Crippen molar-refractivity contribution in [2.24, 2.45) is 13.0 Å². The van der Waals surface area contributed by atoms with Crippen molar-refractivity contribution < 1.29 is 9.90 Å². The Morgan fingerprint density at radius 1 is 1.38 bits per heavy atom. The van der Waals surface area contributed by atoms with Gasteiger partial charge in [-0.2, -0.15) is 0 Å². The second-order valence-electron chi connectivity index (χ2n) is 6.66. The van der Waals surface area contributed by atoms with Crippen molar-refractivity contribution in [2.45, 2.75) is 57.1 Å². The quantitative estimate of drug-likeness (QED) is 0.893. The van der Waals surface area contributed by atoms with Crippen LogP contribution in [-0.2, 0) is 7.05 Å². The van der Waals surface area contributed by atoms with Gasteiger partial charge in [0.2, 0.25) is 0 Å². The normalized spacial score (nSPS) is 33.4. The molecule has 21 heavy (non-hydrogen) atoms. The molecule has 116 valence electrons. The SMILES string of the molecule is Cn1nncc1C(=O)N1CCC[C@@H]1[C@H]1CCCC[C@]1(C)O. The number of carbonyl (C=O) groups is 1. The van der Waals surface area contributed by atoms with Gasteiger partial charge in [0.25, 0.3) is 5.91 Å². The van der Waals surface area contributed by atoms with Crippen molar-refractivity contribution in [1.29, 1.82) is 0 Å². The Labute approximate surface area is 125 Å². The zero-order valence-corrected chi connectivity index (χ0v) is 12.8. The maximum absolute atomic E-state index is 12.7. The van der Waals surface area contributed by atoms with Gasteiger partial charge < -0.3 is 10.0 Å². The first-order chi connectivity index (χ1) is 10.0. The number of hydrogen-bond acceptors (Lipinski definition) is 4. The average Bonchev–Trinajstić information content (AvgIpc) is 3.06. The Balaban J connectivity index is 1.82. The minimum Gasteiger partial charge on any atom is -0.390 e. The first kappa shape index (κ1) is 14.5. The molecule has 1 N–H and O–H groups in total. The van der Waals surface area contributed by atoms with Crippen LogP contribution >= 0.6 is 0 Å². The van der Waals surface area contributed by atoms with Gasteiger partial charge in [-0.1, -0.05) is 18.1 Å². The van der Waals surface area contributed by atoms with E-state index in [-0.39, 0.29) is 17.9 Å². The van der Waals surface area contributed by atoms with E-state index in [0.29, 0.717) is 5.69 Å². The molecule has 0 spiro atoms. The number of carbonyl (C=O) groups excluding carboxylic acids is 1. The fourth-order valence-electron chi connectivity index (χ4n) is 4.04. The summed E-state index contributed by atoms with van der Waals surface area (Å²) in [7, 11) is 1.74. The van der Waals surface area contributed by atoms with Crippen molar-refractivity contribution in [3.8, 4) is 0 Å². The molecular formula is C15H24N4O2. The number of aliphatic hydroxyl groups is 1. The van der Waals surface area contributed by atoms with Crippen LogP contribution in [0.1, 0.15) is 55.9 Å². The Morgan fingerprint density at radius 3 is 2.86 bits per heavy atom. The molecular weight excluding hydrogens is 268 g/mol.